The van der Waals surface area contributed by atoms with Gasteiger partial charge in [-0.3, -0.25) is 0 Å². The molecule has 108 valence electrons. The summed E-state index contributed by atoms with van der Waals surface area (Å²) in [7, 11) is 0. The number of alkyl halides is 6. The van der Waals surface area contributed by atoms with Gasteiger partial charge < -0.3 is 10.5 Å². The Morgan fingerprint density at radius 3 is 2.21 bits per heavy atom. The Morgan fingerprint density at radius 1 is 1.11 bits per heavy atom. The van der Waals surface area contributed by atoms with Crippen molar-refractivity contribution in [2.24, 2.45) is 5.73 Å². The van der Waals surface area contributed by atoms with E-state index in [9.17, 15) is 26.3 Å². The van der Waals surface area contributed by atoms with Gasteiger partial charge in [0.15, 0.2) is 0 Å². The number of ether oxygens (including phenoxy) is 1. The van der Waals surface area contributed by atoms with Crippen molar-refractivity contribution < 1.29 is 31.1 Å². The highest BCUT2D eigenvalue weighted by Gasteiger charge is 2.44. The van der Waals surface area contributed by atoms with Crippen LogP contribution in [-0.4, -0.2) is 19.0 Å². The third kappa shape index (κ3) is 4.30. The second kappa shape index (κ2) is 6.14. The first-order valence-electron chi connectivity index (χ1n) is 5.21. The number of hydrogen-bond donors (Lipinski definition) is 1. The molecule has 1 aromatic rings. The SMILES string of the molecule is N[C@@H](CC(F)F)c1ccccc1OC(F)(F)C(F)F. The summed E-state index contributed by atoms with van der Waals surface area (Å²) in [5.74, 6) is -0.638. The first-order valence-corrected chi connectivity index (χ1v) is 5.21. The predicted molar refractivity (Wildman–Crippen MR) is 55.6 cm³/mol. The van der Waals surface area contributed by atoms with Crippen LogP contribution in [0.25, 0.3) is 0 Å². The van der Waals surface area contributed by atoms with Gasteiger partial charge in [0.05, 0.1) is 0 Å². The summed E-state index contributed by atoms with van der Waals surface area (Å²) in [4.78, 5) is 0. The Balaban J connectivity index is 2.96. The minimum absolute atomic E-state index is 0.178. The lowest BCUT2D eigenvalue weighted by atomic mass is 10.0. The molecular formula is C11H11F6NO. The van der Waals surface area contributed by atoms with Crippen LogP contribution in [0.2, 0.25) is 0 Å². The Labute approximate surface area is 105 Å². The van der Waals surface area contributed by atoms with E-state index in [1.165, 1.54) is 18.2 Å². The Kier molecular flexibility index (Phi) is 5.04. The molecule has 0 saturated carbocycles. The van der Waals surface area contributed by atoms with Crippen LogP contribution >= 0.6 is 0 Å². The van der Waals surface area contributed by atoms with Gasteiger partial charge in [-0.15, -0.1) is 0 Å². The van der Waals surface area contributed by atoms with Crippen LogP contribution in [0, 0.1) is 0 Å². The van der Waals surface area contributed by atoms with Gasteiger partial charge in [-0.2, -0.15) is 17.6 Å². The Hall–Kier alpha value is -1.44. The van der Waals surface area contributed by atoms with E-state index >= 15 is 0 Å². The molecule has 0 saturated heterocycles. The molecule has 0 aliphatic rings. The van der Waals surface area contributed by atoms with Gasteiger partial charge in [-0.1, -0.05) is 18.2 Å². The first kappa shape index (κ1) is 15.6. The minimum atomic E-state index is -4.71. The lowest BCUT2D eigenvalue weighted by Crippen LogP contribution is -2.34. The topological polar surface area (TPSA) is 35.2 Å². The van der Waals surface area contributed by atoms with Crippen molar-refractivity contribution in [1.82, 2.24) is 0 Å². The Bertz CT molecular complexity index is 412. The molecule has 1 aromatic carbocycles. The van der Waals surface area contributed by atoms with E-state index in [0.29, 0.717) is 0 Å². The highest BCUT2D eigenvalue weighted by atomic mass is 19.3. The summed E-state index contributed by atoms with van der Waals surface area (Å²) in [5, 5.41) is 0. The summed E-state index contributed by atoms with van der Waals surface area (Å²) in [6.45, 7) is 0. The molecule has 1 rings (SSSR count). The summed E-state index contributed by atoms with van der Waals surface area (Å²) < 4.78 is 77.8. The van der Waals surface area contributed by atoms with Crippen molar-refractivity contribution >= 4 is 0 Å². The van der Waals surface area contributed by atoms with Crippen LogP contribution in [-0.2, 0) is 0 Å². The van der Waals surface area contributed by atoms with Crippen LogP contribution in [0.1, 0.15) is 18.0 Å². The largest absolute Gasteiger partial charge is 0.461 e. The minimum Gasteiger partial charge on any atom is -0.428 e. The van der Waals surface area contributed by atoms with Crippen LogP contribution in [0.3, 0.4) is 0 Å². The van der Waals surface area contributed by atoms with Crippen LogP contribution < -0.4 is 10.5 Å². The zero-order valence-electron chi connectivity index (χ0n) is 9.50. The highest BCUT2D eigenvalue weighted by molar-refractivity contribution is 5.36. The third-order valence-electron chi connectivity index (χ3n) is 2.25. The molecule has 0 spiro atoms. The van der Waals surface area contributed by atoms with Gasteiger partial charge in [0.1, 0.15) is 5.75 Å². The van der Waals surface area contributed by atoms with Crippen molar-refractivity contribution in [3.05, 3.63) is 29.8 Å². The smallest absolute Gasteiger partial charge is 0.428 e. The standard InChI is InChI=1S/C11H11F6NO/c12-9(13)5-7(18)6-3-1-2-4-8(6)19-11(16,17)10(14)15/h1-4,7,9-10H,5,18H2/t7-/m0/s1. The van der Waals surface area contributed by atoms with Crippen molar-refractivity contribution in [2.45, 2.75) is 31.4 Å². The van der Waals surface area contributed by atoms with Crippen LogP contribution in [0.5, 0.6) is 5.75 Å². The molecule has 0 aromatic heterocycles. The van der Waals surface area contributed by atoms with E-state index in [0.717, 1.165) is 6.07 Å². The zero-order chi connectivity index (χ0) is 14.6. The fraction of sp³-hybridized carbons (Fsp3) is 0.455. The lowest BCUT2D eigenvalue weighted by Gasteiger charge is -2.21. The van der Waals surface area contributed by atoms with E-state index in [1.54, 1.807) is 0 Å². The van der Waals surface area contributed by atoms with Crippen molar-refractivity contribution in [2.75, 3.05) is 0 Å². The fourth-order valence-electron chi connectivity index (χ4n) is 1.39. The quantitative estimate of drug-likeness (QED) is 0.812. The van der Waals surface area contributed by atoms with E-state index < -0.39 is 37.2 Å². The van der Waals surface area contributed by atoms with Crippen LogP contribution in [0.4, 0.5) is 26.3 Å². The Morgan fingerprint density at radius 2 is 1.68 bits per heavy atom. The van der Waals surface area contributed by atoms with Gasteiger partial charge in [0.25, 0.3) is 0 Å². The fourth-order valence-corrected chi connectivity index (χ4v) is 1.39. The normalized spacial score (nSPS) is 13.9. The third-order valence-corrected chi connectivity index (χ3v) is 2.25. The van der Waals surface area contributed by atoms with Crippen molar-refractivity contribution in [3.63, 3.8) is 0 Å². The molecule has 0 heterocycles. The zero-order valence-corrected chi connectivity index (χ0v) is 9.50. The molecule has 0 fully saturated rings. The molecule has 0 radical (unpaired) electrons. The predicted octanol–water partition coefficient (Wildman–Crippen LogP) is 3.58. The molecule has 0 aliphatic heterocycles. The summed E-state index contributed by atoms with van der Waals surface area (Å²) in [6, 6.07) is 3.45. The first-order chi connectivity index (χ1) is 8.74. The number of para-hydroxylation sites is 1. The highest BCUT2D eigenvalue weighted by Crippen LogP contribution is 2.33. The van der Waals surface area contributed by atoms with Gasteiger partial charge in [-0.25, -0.2) is 8.78 Å². The second-order valence-electron chi connectivity index (χ2n) is 3.74. The average Bonchev–Trinajstić information content (AvgIpc) is 2.27. The van der Waals surface area contributed by atoms with Gasteiger partial charge in [0.2, 0.25) is 6.43 Å². The van der Waals surface area contributed by atoms with Crippen LogP contribution in [0.15, 0.2) is 24.3 Å². The van der Waals surface area contributed by atoms with E-state index in [1.807, 2.05) is 0 Å². The maximum Gasteiger partial charge on any atom is 0.461 e. The van der Waals surface area contributed by atoms with E-state index in [4.69, 9.17) is 5.73 Å². The molecule has 8 heteroatoms. The molecule has 0 aliphatic carbocycles. The van der Waals surface area contributed by atoms with E-state index in [2.05, 4.69) is 4.74 Å². The number of hydrogen-bond acceptors (Lipinski definition) is 2. The summed E-state index contributed by atoms with van der Waals surface area (Å²) in [5.41, 5.74) is 5.22. The molecule has 19 heavy (non-hydrogen) atoms. The maximum atomic E-state index is 12.8. The number of halogens is 6. The lowest BCUT2D eigenvalue weighted by molar-refractivity contribution is -0.253. The number of nitrogens with two attached hydrogens (primary N) is 1. The average molecular weight is 287 g/mol. The molecule has 0 amide bonds. The number of rotatable bonds is 6. The molecule has 1 atom stereocenters. The monoisotopic (exact) mass is 287 g/mol. The summed E-state index contributed by atoms with van der Waals surface area (Å²) >= 11 is 0. The van der Waals surface area contributed by atoms with E-state index in [-0.39, 0.29) is 5.56 Å². The second-order valence-corrected chi connectivity index (χ2v) is 3.74. The van der Waals surface area contributed by atoms with Crippen molar-refractivity contribution in [1.29, 1.82) is 0 Å². The molecule has 0 bridgehead atoms. The van der Waals surface area contributed by atoms with Gasteiger partial charge >= 0.3 is 12.5 Å². The molecule has 2 N–H and O–H groups in total. The van der Waals surface area contributed by atoms with Gasteiger partial charge in [-0.05, 0) is 6.07 Å². The molecular weight excluding hydrogens is 276 g/mol. The summed E-state index contributed by atoms with van der Waals surface area (Å²) in [6.07, 6.45) is -12.3. The van der Waals surface area contributed by atoms with Crippen molar-refractivity contribution in [3.8, 4) is 5.75 Å². The molecule has 0 unspecified atom stereocenters. The number of benzene rings is 1. The molecule has 2 nitrogen and oxygen atoms in total. The maximum absolute atomic E-state index is 12.8. The van der Waals surface area contributed by atoms with Gasteiger partial charge in [0, 0.05) is 18.0 Å².